The average Bonchev–Trinajstić information content (AvgIpc) is 2.65. The summed E-state index contributed by atoms with van der Waals surface area (Å²) in [4.78, 5) is 0. The third kappa shape index (κ3) is 1.43. The summed E-state index contributed by atoms with van der Waals surface area (Å²) in [6.45, 7) is 2.44. The van der Waals surface area contributed by atoms with Gasteiger partial charge in [0.15, 0.2) is 0 Å². The van der Waals surface area contributed by atoms with E-state index in [0.29, 0.717) is 16.4 Å². The molecule has 1 fully saturated rings. The number of halogens is 2. The molecule has 2 atom stereocenters. The summed E-state index contributed by atoms with van der Waals surface area (Å²) in [6.07, 6.45) is 6.42. The lowest BCUT2D eigenvalue weighted by Gasteiger charge is -2.38. The van der Waals surface area contributed by atoms with Crippen LogP contribution in [-0.2, 0) is 6.42 Å². The van der Waals surface area contributed by atoms with Crippen molar-refractivity contribution in [2.75, 3.05) is 0 Å². The van der Waals surface area contributed by atoms with Crippen molar-refractivity contribution in [1.82, 2.24) is 0 Å². The Morgan fingerprint density at radius 2 is 2.06 bits per heavy atom. The van der Waals surface area contributed by atoms with Crippen molar-refractivity contribution in [2.45, 2.75) is 44.9 Å². The van der Waals surface area contributed by atoms with Crippen LogP contribution in [-0.4, -0.2) is 0 Å². The molecule has 86 valence electrons. The van der Waals surface area contributed by atoms with Crippen LogP contribution in [0.15, 0.2) is 12.1 Å². The van der Waals surface area contributed by atoms with Gasteiger partial charge in [-0.05, 0) is 54.2 Å². The fourth-order valence-corrected chi connectivity index (χ4v) is 4.11. The lowest BCUT2D eigenvalue weighted by molar-refractivity contribution is 0.252. The third-order valence-electron chi connectivity index (χ3n) is 4.64. The first-order chi connectivity index (χ1) is 7.62. The molecule has 0 aliphatic heterocycles. The van der Waals surface area contributed by atoms with Crippen LogP contribution in [0.2, 0.25) is 10.0 Å². The number of benzene rings is 1. The van der Waals surface area contributed by atoms with Gasteiger partial charge in [-0.3, -0.25) is 0 Å². The molecule has 3 rings (SSSR count). The zero-order valence-corrected chi connectivity index (χ0v) is 11.0. The standard InChI is InChI=1S/C14H16Cl2/c1-14-7-2-3-11(14)9-4-5-12(15)13(16)10(9)6-8-14/h4-5,11H,2-3,6-8H2,1H3/t11-,14-/m1/s1. The van der Waals surface area contributed by atoms with Crippen molar-refractivity contribution in [3.63, 3.8) is 0 Å². The van der Waals surface area contributed by atoms with Gasteiger partial charge >= 0.3 is 0 Å². The van der Waals surface area contributed by atoms with Crippen LogP contribution in [0, 0.1) is 5.41 Å². The van der Waals surface area contributed by atoms with E-state index in [1.807, 2.05) is 6.07 Å². The minimum absolute atomic E-state index is 0.518. The van der Waals surface area contributed by atoms with Gasteiger partial charge in [-0.25, -0.2) is 0 Å². The summed E-state index contributed by atoms with van der Waals surface area (Å²) in [6, 6.07) is 4.17. The van der Waals surface area contributed by atoms with Crippen molar-refractivity contribution >= 4 is 23.2 Å². The van der Waals surface area contributed by atoms with Gasteiger partial charge < -0.3 is 0 Å². The lowest BCUT2D eigenvalue weighted by atomic mass is 9.67. The topological polar surface area (TPSA) is 0 Å². The van der Waals surface area contributed by atoms with Gasteiger partial charge in [0.05, 0.1) is 10.0 Å². The second kappa shape index (κ2) is 3.65. The molecular weight excluding hydrogens is 239 g/mol. The van der Waals surface area contributed by atoms with Gasteiger partial charge in [0.2, 0.25) is 0 Å². The van der Waals surface area contributed by atoms with Crippen LogP contribution < -0.4 is 0 Å². The number of rotatable bonds is 0. The predicted octanol–water partition coefficient (Wildman–Crippen LogP) is 5.21. The first-order valence-corrected chi connectivity index (χ1v) is 6.84. The summed E-state index contributed by atoms with van der Waals surface area (Å²) in [5.74, 6) is 0.714. The molecule has 0 bridgehead atoms. The highest BCUT2D eigenvalue weighted by Gasteiger charge is 2.43. The SMILES string of the molecule is C[C@]12CCC[C@@H]1c1ccc(Cl)c(Cl)c1CC2. The zero-order chi connectivity index (χ0) is 11.3. The second-order valence-corrected chi connectivity index (χ2v) is 6.31. The molecule has 0 heterocycles. The van der Waals surface area contributed by atoms with Gasteiger partial charge in [-0.2, -0.15) is 0 Å². The fourth-order valence-electron chi connectivity index (χ4n) is 3.66. The van der Waals surface area contributed by atoms with Gasteiger partial charge in [0.25, 0.3) is 0 Å². The molecule has 0 aromatic heterocycles. The Hall–Kier alpha value is -0.200. The largest absolute Gasteiger partial charge is 0.0827 e. The van der Waals surface area contributed by atoms with Crippen LogP contribution in [0.1, 0.15) is 49.7 Å². The molecule has 2 aliphatic carbocycles. The molecule has 0 N–H and O–H groups in total. The Morgan fingerprint density at radius 1 is 1.25 bits per heavy atom. The van der Waals surface area contributed by atoms with Crippen LogP contribution in [0.25, 0.3) is 0 Å². The van der Waals surface area contributed by atoms with Crippen molar-refractivity contribution in [2.24, 2.45) is 5.41 Å². The van der Waals surface area contributed by atoms with Gasteiger partial charge in [-0.15, -0.1) is 0 Å². The summed E-state index contributed by atoms with van der Waals surface area (Å²) in [7, 11) is 0. The summed E-state index contributed by atoms with van der Waals surface area (Å²) < 4.78 is 0. The molecule has 1 saturated carbocycles. The Bertz CT molecular complexity index is 439. The quantitative estimate of drug-likeness (QED) is 0.596. The molecule has 0 saturated heterocycles. The minimum Gasteiger partial charge on any atom is -0.0827 e. The molecule has 2 aliphatic rings. The number of hydrogen-bond donors (Lipinski definition) is 0. The molecule has 1 aromatic rings. The minimum atomic E-state index is 0.518. The van der Waals surface area contributed by atoms with E-state index in [2.05, 4.69) is 13.0 Å². The number of hydrogen-bond acceptors (Lipinski definition) is 0. The van der Waals surface area contributed by atoms with Crippen molar-refractivity contribution in [3.8, 4) is 0 Å². The second-order valence-electron chi connectivity index (χ2n) is 5.53. The van der Waals surface area contributed by atoms with Crippen molar-refractivity contribution in [3.05, 3.63) is 33.3 Å². The van der Waals surface area contributed by atoms with E-state index in [1.165, 1.54) is 36.8 Å². The highest BCUT2D eigenvalue weighted by atomic mass is 35.5. The maximum atomic E-state index is 6.32. The molecule has 2 heteroatoms. The molecule has 0 spiro atoms. The monoisotopic (exact) mass is 254 g/mol. The predicted molar refractivity (Wildman–Crippen MR) is 69.5 cm³/mol. The maximum absolute atomic E-state index is 6.32. The molecule has 0 radical (unpaired) electrons. The van der Waals surface area contributed by atoms with Crippen molar-refractivity contribution in [1.29, 1.82) is 0 Å². The van der Waals surface area contributed by atoms with Gasteiger partial charge in [0.1, 0.15) is 0 Å². The van der Waals surface area contributed by atoms with E-state index in [1.54, 1.807) is 0 Å². The van der Waals surface area contributed by atoms with Crippen LogP contribution >= 0.6 is 23.2 Å². The lowest BCUT2D eigenvalue weighted by Crippen LogP contribution is -2.26. The third-order valence-corrected chi connectivity index (χ3v) is 5.48. The molecule has 0 nitrogen and oxygen atoms in total. The van der Waals surface area contributed by atoms with E-state index in [0.717, 1.165) is 11.4 Å². The van der Waals surface area contributed by atoms with Crippen LogP contribution in [0.5, 0.6) is 0 Å². The van der Waals surface area contributed by atoms with Gasteiger partial charge in [0, 0.05) is 0 Å². The first kappa shape index (κ1) is 10.9. The highest BCUT2D eigenvalue weighted by molar-refractivity contribution is 6.42. The molecule has 0 amide bonds. The van der Waals surface area contributed by atoms with Gasteiger partial charge in [-0.1, -0.05) is 42.6 Å². The normalized spacial score (nSPS) is 32.3. The summed E-state index contributed by atoms with van der Waals surface area (Å²) >= 11 is 12.4. The smallest absolute Gasteiger partial charge is 0.0627 e. The van der Waals surface area contributed by atoms with Crippen molar-refractivity contribution < 1.29 is 0 Å². The average molecular weight is 255 g/mol. The van der Waals surface area contributed by atoms with E-state index < -0.39 is 0 Å². The van der Waals surface area contributed by atoms with E-state index in [9.17, 15) is 0 Å². The van der Waals surface area contributed by atoms with E-state index >= 15 is 0 Å². The van der Waals surface area contributed by atoms with E-state index in [-0.39, 0.29) is 0 Å². The summed E-state index contributed by atoms with van der Waals surface area (Å²) in [5, 5.41) is 1.51. The Balaban J connectivity index is 2.14. The fraction of sp³-hybridized carbons (Fsp3) is 0.571. The maximum Gasteiger partial charge on any atom is 0.0627 e. The Labute approximate surface area is 107 Å². The molecule has 0 unspecified atom stereocenters. The van der Waals surface area contributed by atoms with Crippen LogP contribution in [0.3, 0.4) is 0 Å². The first-order valence-electron chi connectivity index (χ1n) is 6.08. The van der Waals surface area contributed by atoms with E-state index in [4.69, 9.17) is 23.2 Å². The Kier molecular flexibility index (Phi) is 2.49. The zero-order valence-electron chi connectivity index (χ0n) is 9.52. The number of fused-ring (bicyclic) bond motifs is 3. The molecular formula is C14H16Cl2. The Morgan fingerprint density at radius 3 is 2.88 bits per heavy atom. The molecule has 1 aromatic carbocycles. The molecule has 16 heavy (non-hydrogen) atoms. The summed E-state index contributed by atoms with van der Waals surface area (Å²) in [5.41, 5.74) is 3.31. The highest BCUT2D eigenvalue weighted by Crippen LogP contribution is 2.56. The van der Waals surface area contributed by atoms with Crippen LogP contribution in [0.4, 0.5) is 0 Å².